The highest BCUT2D eigenvalue weighted by molar-refractivity contribution is 6.00. The second kappa shape index (κ2) is 9.89. The lowest BCUT2D eigenvalue weighted by atomic mass is 9.83. The summed E-state index contributed by atoms with van der Waals surface area (Å²) in [6.45, 7) is 1.95. The van der Waals surface area contributed by atoms with Crippen LogP contribution in [0, 0.1) is 12.8 Å². The van der Waals surface area contributed by atoms with Crippen LogP contribution in [0.15, 0.2) is 36.5 Å². The molecule has 2 aromatic heterocycles. The molecular weight excluding hydrogens is 418 g/mol. The van der Waals surface area contributed by atoms with Gasteiger partial charge in [-0.25, -0.2) is 0 Å². The Labute approximate surface area is 193 Å². The highest BCUT2D eigenvalue weighted by Gasteiger charge is 2.32. The average molecular weight is 450 g/mol. The number of benzene rings is 1. The van der Waals surface area contributed by atoms with Gasteiger partial charge in [0.15, 0.2) is 0 Å². The number of nitrogens with zero attached hydrogens (tertiary/aromatic N) is 3. The van der Waals surface area contributed by atoms with Gasteiger partial charge in [0.1, 0.15) is 17.6 Å². The van der Waals surface area contributed by atoms with Gasteiger partial charge in [0, 0.05) is 31.5 Å². The van der Waals surface area contributed by atoms with Crippen LogP contribution >= 0.6 is 0 Å². The fourth-order valence-corrected chi connectivity index (χ4v) is 4.58. The van der Waals surface area contributed by atoms with Crippen LogP contribution in [-0.2, 0) is 11.8 Å². The maximum Gasteiger partial charge on any atom is 0.270 e. The standard InChI is InChI=1S/C24H31N7O2/c1-15-20(22(25-2)30-29-15)16-9-11-18(12-10-16)27-24(33)21(17-7-5-4-6-8-17)28-23(32)19-13-14-26-31(19)3/h9-14,17,21H,4-8H2,1-3H3,(H,27,33)(H,28,32)(H2,25,29,30). The molecule has 1 saturated carbocycles. The van der Waals surface area contributed by atoms with Gasteiger partial charge >= 0.3 is 0 Å². The molecule has 0 spiro atoms. The van der Waals surface area contributed by atoms with Gasteiger partial charge in [0.25, 0.3) is 5.91 Å². The first-order chi connectivity index (χ1) is 16.0. The summed E-state index contributed by atoms with van der Waals surface area (Å²) in [6, 6.07) is 8.72. The van der Waals surface area contributed by atoms with Crippen molar-refractivity contribution in [2.45, 2.75) is 45.1 Å². The SMILES string of the molecule is CNc1[nH]nc(C)c1-c1ccc(NC(=O)C(NC(=O)c2ccnn2C)C2CCCCC2)cc1. The molecule has 174 valence electrons. The van der Waals surface area contributed by atoms with E-state index in [2.05, 4.69) is 31.2 Å². The minimum absolute atomic E-state index is 0.113. The van der Waals surface area contributed by atoms with Gasteiger partial charge < -0.3 is 16.0 Å². The van der Waals surface area contributed by atoms with E-state index in [-0.39, 0.29) is 17.7 Å². The number of amides is 2. The zero-order chi connectivity index (χ0) is 23.4. The van der Waals surface area contributed by atoms with Crippen LogP contribution in [0.2, 0.25) is 0 Å². The van der Waals surface area contributed by atoms with Crippen LogP contribution in [0.5, 0.6) is 0 Å². The number of anilines is 2. The Morgan fingerprint density at radius 1 is 1.12 bits per heavy atom. The zero-order valence-electron chi connectivity index (χ0n) is 19.3. The van der Waals surface area contributed by atoms with Gasteiger partial charge in [-0.1, -0.05) is 31.4 Å². The van der Waals surface area contributed by atoms with Crippen LogP contribution in [0.25, 0.3) is 11.1 Å². The van der Waals surface area contributed by atoms with Crippen molar-refractivity contribution in [2.75, 3.05) is 17.7 Å². The number of H-pyrrole nitrogens is 1. The van der Waals surface area contributed by atoms with Crippen LogP contribution in [0.3, 0.4) is 0 Å². The highest BCUT2D eigenvalue weighted by Crippen LogP contribution is 2.31. The molecular formula is C24H31N7O2. The molecule has 3 aromatic rings. The normalized spacial score (nSPS) is 15.1. The van der Waals surface area contributed by atoms with E-state index in [0.717, 1.165) is 48.3 Å². The molecule has 9 heteroatoms. The van der Waals surface area contributed by atoms with Crippen LogP contribution in [0.4, 0.5) is 11.5 Å². The zero-order valence-corrected chi connectivity index (χ0v) is 19.3. The van der Waals surface area contributed by atoms with Crippen molar-refractivity contribution in [3.05, 3.63) is 47.9 Å². The maximum absolute atomic E-state index is 13.3. The van der Waals surface area contributed by atoms with E-state index >= 15 is 0 Å². The predicted molar refractivity (Wildman–Crippen MR) is 128 cm³/mol. The summed E-state index contributed by atoms with van der Waals surface area (Å²) in [5.41, 5.74) is 4.01. The van der Waals surface area contributed by atoms with Crippen molar-refractivity contribution in [1.82, 2.24) is 25.3 Å². The minimum atomic E-state index is -0.598. The number of hydrogen-bond donors (Lipinski definition) is 4. The summed E-state index contributed by atoms with van der Waals surface area (Å²) >= 11 is 0. The molecule has 0 saturated heterocycles. The van der Waals surface area contributed by atoms with Gasteiger partial charge in [-0.2, -0.15) is 10.2 Å². The third kappa shape index (κ3) is 4.92. The molecule has 9 nitrogen and oxygen atoms in total. The number of carbonyl (C=O) groups excluding carboxylic acids is 2. The van der Waals surface area contributed by atoms with Crippen LogP contribution in [-0.4, -0.2) is 44.9 Å². The Bertz CT molecular complexity index is 1110. The summed E-state index contributed by atoms with van der Waals surface area (Å²) in [4.78, 5) is 26.1. The van der Waals surface area contributed by atoms with Gasteiger partial charge in [0.05, 0.1) is 5.69 Å². The first-order valence-electron chi connectivity index (χ1n) is 11.4. The number of carbonyl (C=O) groups is 2. The largest absolute Gasteiger partial charge is 0.373 e. The lowest BCUT2D eigenvalue weighted by Gasteiger charge is -2.30. The van der Waals surface area contributed by atoms with Gasteiger partial charge in [-0.15, -0.1) is 0 Å². The second-order valence-electron chi connectivity index (χ2n) is 8.56. The van der Waals surface area contributed by atoms with E-state index in [0.29, 0.717) is 11.4 Å². The summed E-state index contributed by atoms with van der Waals surface area (Å²) in [6.07, 6.45) is 6.74. The monoisotopic (exact) mass is 449 g/mol. The van der Waals surface area contributed by atoms with E-state index in [9.17, 15) is 9.59 Å². The Morgan fingerprint density at radius 2 is 1.85 bits per heavy atom. The summed E-state index contributed by atoms with van der Waals surface area (Å²) in [7, 11) is 3.56. The third-order valence-electron chi connectivity index (χ3n) is 6.38. The Morgan fingerprint density at radius 3 is 2.48 bits per heavy atom. The fraction of sp³-hybridized carbons (Fsp3) is 0.417. The minimum Gasteiger partial charge on any atom is -0.373 e. The number of aryl methyl sites for hydroxylation is 2. The smallest absolute Gasteiger partial charge is 0.270 e. The molecule has 0 aliphatic heterocycles. The van der Waals surface area contributed by atoms with Gasteiger partial charge in [-0.3, -0.25) is 19.4 Å². The van der Waals surface area contributed by atoms with E-state index in [1.807, 2.05) is 38.2 Å². The number of nitrogens with one attached hydrogen (secondary N) is 4. The molecule has 2 amide bonds. The summed E-state index contributed by atoms with van der Waals surface area (Å²) in [5.74, 6) is 0.480. The molecule has 1 aliphatic rings. The topological polar surface area (TPSA) is 117 Å². The van der Waals surface area contributed by atoms with E-state index in [1.165, 1.54) is 11.1 Å². The third-order valence-corrected chi connectivity index (χ3v) is 6.38. The summed E-state index contributed by atoms with van der Waals surface area (Å²) in [5, 5.41) is 20.4. The molecule has 1 fully saturated rings. The number of aromatic amines is 1. The van der Waals surface area contributed by atoms with Crippen LogP contribution in [0.1, 0.15) is 48.3 Å². The molecule has 0 radical (unpaired) electrons. The fourth-order valence-electron chi connectivity index (χ4n) is 4.58. The van der Waals surface area contributed by atoms with Crippen molar-refractivity contribution < 1.29 is 9.59 Å². The molecule has 1 atom stereocenters. The second-order valence-corrected chi connectivity index (χ2v) is 8.56. The number of aromatic nitrogens is 4. The van der Waals surface area contributed by atoms with E-state index in [1.54, 1.807) is 19.3 Å². The average Bonchev–Trinajstić information content (AvgIpc) is 3.43. The quantitative estimate of drug-likeness (QED) is 0.441. The Kier molecular flexibility index (Phi) is 6.76. The first kappa shape index (κ1) is 22.6. The van der Waals surface area contributed by atoms with Crippen molar-refractivity contribution >= 4 is 23.3 Å². The highest BCUT2D eigenvalue weighted by atomic mass is 16.2. The van der Waals surface area contributed by atoms with Gasteiger partial charge in [0.2, 0.25) is 5.91 Å². The Balaban J connectivity index is 1.50. The van der Waals surface area contributed by atoms with E-state index < -0.39 is 6.04 Å². The lowest BCUT2D eigenvalue weighted by molar-refractivity contribution is -0.119. The van der Waals surface area contributed by atoms with Crippen molar-refractivity contribution in [2.24, 2.45) is 13.0 Å². The van der Waals surface area contributed by atoms with Gasteiger partial charge in [-0.05, 0) is 49.4 Å². The number of hydrogen-bond acceptors (Lipinski definition) is 5. The van der Waals surface area contributed by atoms with E-state index in [4.69, 9.17) is 0 Å². The maximum atomic E-state index is 13.3. The predicted octanol–water partition coefficient (Wildman–Crippen LogP) is 3.48. The molecule has 4 N–H and O–H groups in total. The van der Waals surface area contributed by atoms with Crippen molar-refractivity contribution in [3.8, 4) is 11.1 Å². The van der Waals surface area contributed by atoms with Crippen molar-refractivity contribution in [3.63, 3.8) is 0 Å². The Hall–Kier alpha value is -3.62. The molecule has 2 heterocycles. The summed E-state index contributed by atoms with van der Waals surface area (Å²) < 4.78 is 1.52. The molecule has 33 heavy (non-hydrogen) atoms. The molecule has 1 aliphatic carbocycles. The molecule has 0 bridgehead atoms. The van der Waals surface area contributed by atoms with Crippen molar-refractivity contribution in [1.29, 1.82) is 0 Å². The first-order valence-corrected chi connectivity index (χ1v) is 11.4. The molecule has 1 unspecified atom stereocenters. The van der Waals surface area contributed by atoms with Crippen LogP contribution < -0.4 is 16.0 Å². The molecule has 1 aromatic carbocycles. The number of rotatable bonds is 7. The molecule has 4 rings (SSSR count). The lowest BCUT2D eigenvalue weighted by Crippen LogP contribution is -2.49.